The van der Waals surface area contributed by atoms with E-state index in [0.717, 1.165) is 16.5 Å². The van der Waals surface area contributed by atoms with Gasteiger partial charge in [0.25, 0.3) is 5.92 Å². The molecule has 1 saturated carbocycles. The van der Waals surface area contributed by atoms with E-state index in [4.69, 9.17) is 0 Å². The van der Waals surface area contributed by atoms with Crippen LogP contribution in [-0.2, 0) is 4.79 Å². The van der Waals surface area contributed by atoms with E-state index in [1.807, 2.05) is 13.0 Å². The number of carbonyl (C=O) groups is 2. The molecule has 0 unspecified atom stereocenters. The molecule has 3 aromatic rings. The molecule has 1 amide bonds. The number of carbonyl (C=O) groups excluding carboxylic acids is 2. The molecule has 0 radical (unpaired) electrons. The van der Waals surface area contributed by atoms with E-state index in [-0.39, 0.29) is 11.6 Å². The van der Waals surface area contributed by atoms with E-state index in [0.29, 0.717) is 23.2 Å². The molecule has 0 aromatic carbocycles. The molecule has 1 aliphatic rings. The maximum Gasteiger partial charge on any atom is 0.260 e. The van der Waals surface area contributed by atoms with Crippen LogP contribution < -0.4 is 5.32 Å². The highest BCUT2D eigenvalue weighted by Gasteiger charge is 2.61. The third-order valence-corrected chi connectivity index (χ3v) is 4.99. The van der Waals surface area contributed by atoms with Gasteiger partial charge in [0.2, 0.25) is 5.91 Å². The van der Waals surface area contributed by atoms with Crippen LogP contribution in [0, 0.1) is 12.8 Å². The largest absolute Gasteiger partial charge is 0.310 e. The van der Waals surface area contributed by atoms with Gasteiger partial charge in [-0.05, 0) is 30.7 Å². The minimum Gasteiger partial charge on any atom is -0.310 e. The zero-order valence-corrected chi connectivity index (χ0v) is 15.9. The number of pyridine rings is 3. The summed E-state index contributed by atoms with van der Waals surface area (Å²) in [5.41, 5.74) is 2.78. The molecule has 148 valence electrons. The SMILES string of the molecule is CCC(=O)c1cc(C)c(-c2cc3cnc(NC(=O)[C@H]4CC4(F)F)cc3cn2)cn1. The molecular weight excluding hydrogens is 378 g/mol. The van der Waals surface area contributed by atoms with Gasteiger partial charge in [0, 0.05) is 47.8 Å². The first kappa shape index (κ1) is 19.0. The highest BCUT2D eigenvalue weighted by molar-refractivity contribution is 5.97. The molecule has 29 heavy (non-hydrogen) atoms. The van der Waals surface area contributed by atoms with Gasteiger partial charge in [-0.15, -0.1) is 0 Å². The molecule has 0 aliphatic heterocycles. The summed E-state index contributed by atoms with van der Waals surface area (Å²) in [4.78, 5) is 36.5. The molecule has 3 heterocycles. The Morgan fingerprint density at radius 2 is 1.79 bits per heavy atom. The van der Waals surface area contributed by atoms with E-state index in [2.05, 4.69) is 20.3 Å². The summed E-state index contributed by atoms with van der Waals surface area (Å²) in [7, 11) is 0. The number of anilines is 1. The van der Waals surface area contributed by atoms with Crippen LogP contribution >= 0.6 is 0 Å². The van der Waals surface area contributed by atoms with E-state index >= 15 is 0 Å². The number of nitrogens with zero attached hydrogens (tertiary/aromatic N) is 3. The maximum absolute atomic E-state index is 13.0. The van der Waals surface area contributed by atoms with Crippen LogP contribution in [0.5, 0.6) is 0 Å². The summed E-state index contributed by atoms with van der Waals surface area (Å²) in [5, 5.41) is 3.92. The average Bonchev–Trinajstić information content (AvgIpc) is 3.35. The van der Waals surface area contributed by atoms with Gasteiger partial charge in [-0.3, -0.25) is 19.6 Å². The molecule has 6 nitrogen and oxygen atoms in total. The number of aryl methyl sites for hydroxylation is 1. The predicted molar refractivity (Wildman–Crippen MR) is 104 cm³/mol. The Bertz CT molecular complexity index is 1150. The number of hydrogen-bond acceptors (Lipinski definition) is 5. The van der Waals surface area contributed by atoms with Gasteiger partial charge in [0.05, 0.1) is 5.69 Å². The first-order valence-electron chi connectivity index (χ1n) is 9.23. The van der Waals surface area contributed by atoms with Crippen molar-refractivity contribution in [2.75, 3.05) is 5.32 Å². The number of nitrogens with one attached hydrogen (secondary N) is 1. The van der Waals surface area contributed by atoms with Crippen molar-refractivity contribution >= 4 is 28.3 Å². The first-order valence-corrected chi connectivity index (χ1v) is 9.23. The number of hydrogen-bond donors (Lipinski definition) is 1. The van der Waals surface area contributed by atoms with Gasteiger partial charge in [-0.2, -0.15) is 0 Å². The quantitative estimate of drug-likeness (QED) is 0.654. The van der Waals surface area contributed by atoms with Crippen LogP contribution in [0.15, 0.2) is 36.8 Å². The Labute approximate surface area is 165 Å². The number of aromatic nitrogens is 3. The summed E-state index contributed by atoms with van der Waals surface area (Å²) >= 11 is 0. The van der Waals surface area contributed by atoms with Crippen molar-refractivity contribution in [1.82, 2.24) is 15.0 Å². The van der Waals surface area contributed by atoms with E-state index in [1.54, 1.807) is 37.6 Å². The maximum atomic E-state index is 13.0. The minimum absolute atomic E-state index is 0.0196. The highest BCUT2D eigenvalue weighted by Crippen LogP contribution is 2.49. The lowest BCUT2D eigenvalue weighted by atomic mass is 10.0. The molecular formula is C21H18F2N4O2. The number of fused-ring (bicyclic) bond motifs is 1. The fourth-order valence-corrected chi connectivity index (χ4v) is 3.12. The lowest BCUT2D eigenvalue weighted by molar-refractivity contribution is -0.119. The van der Waals surface area contributed by atoms with Crippen molar-refractivity contribution in [2.24, 2.45) is 5.92 Å². The first-order chi connectivity index (χ1) is 13.8. The van der Waals surface area contributed by atoms with Gasteiger partial charge in [0.1, 0.15) is 17.4 Å². The van der Waals surface area contributed by atoms with E-state index in [9.17, 15) is 18.4 Å². The Kier molecular flexibility index (Phi) is 4.56. The Morgan fingerprint density at radius 3 is 2.45 bits per heavy atom. The van der Waals surface area contributed by atoms with Crippen LogP contribution in [0.4, 0.5) is 14.6 Å². The molecule has 1 fully saturated rings. The van der Waals surface area contributed by atoms with Crippen molar-refractivity contribution in [2.45, 2.75) is 32.6 Å². The normalized spacial score (nSPS) is 17.2. The van der Waals surface area contributed by atoms with Crippen molar-refractivity contribution < 1.29 is 18.4 Å². The van der Waals surface area contributed by atoms with E-state index in [1.165, 1.54) is 0 Å². The number of Topliss-reactive ketones (excluding diaryl/α,β-unsaturated/α-hetero) is 1. The molecule has 3 aromatic heterocycles. The van der Waals surface area contributed by atoms with Gasteiger partial charge in [-0.1, -0.05) is 6.92 Å². The second-order valence-electron chi connectivity index (χ2n) is 7.15. The fourth-order valence-electron chi connectivity index (χ4n) is 3.12. The summed E-state index contributed by atoms with van der Waals surface area (Å²) in [5.74, 6) is -4.73. The van der Waals surface area contributed by atoms with Crippen LogP contribution in [0.2, 0.25) is 0 Å². The van der Waals surface area contributed by atoms with Crippen LogP contribution in [0.3, 0.4) is 0 Å². The smallest absolute Gasteiger partial charge is 0.260 e. The summed E-state index contributed by atoms with van der Waals surface area (Å²) in [6.07, 6.45) is 4.78. The summed E-state index contributed by atoms with van der Waals surface area (Å²) in [6.45, 7) is 3.68. The average molecular weight is 396 g/mol. The van der Waals surface area contributed by atoms with Gasteiger partial charge in [0.15, 0.2) is 5.78 Å². The second-order valence-corrected chi connectivity index (χ2v) is 7.15. The summed E-state index contributed by atoms with van der Waals surface area (Å²) < 4.78 is 26.0. The van der Waals surface area contributed by atoms with Crippen molar-refractivity contribution in [3.8, 4) is 11.3 Å². The van der Waals surface area contributed by atoms with Gasteiger partial charge in [-0.25, -0.2) is 13.8 Å². The molecule has 0 spiro atoms. The van der Waals surface area contributed by atoms with E-state index < -0.39 is 24.2 Å². The van der Waals surface area contributed by atoms with Crippen LogP contribution in [-0.4, -0.2) is 32.6 Å². The second kappa shape index (κ2) is 6.95. The predicted octanol–water partition coefficient (Wildman–Crippen LogP) is 4.19. The number of alkyl halides is 2. The molecule has 8 heteroatoms. The number of halogens is 2. The molecule has 1 N–H and O–H groups in total. The summed E-state index contributed by atoms with van der Waals surface area (Å²) in [6, 6.07) is 5.17. The van der Waals surface area contributed by atoms with Crippen molar-refractivity contribution in [3.05, 3.63) is 48.0 Å². The molecule has 1 aliphatic carbocycles. The minimum atomic E-state index is -2.92. The Morgan fingerprint density at radius 1 is 1.10 bits per heavy atom. The molecule has 1 atom stereocenters. The van der Waals surface area contributed by atoms with Crippen LogP contribution in [0.25, 0.3) is 22.0 Å². The highest BCUT2D eigenvalue weighted by atomic mass is 19.3. The monoisotopic (exact) mass is 396 g/mol. The molecule has 4 rings (SSSR count). The zero-order valence-electron chi connectivity index (χ0n) is 15.9. The molecule has 0 bridgehead atoms. The number of ketones is 1. The third-order valence-electron chi connectivity index (χ3n) is 4.99. The zero-order chi connectivity index (χ0) is 20.8. The number of rotatable bonds is 5. The van der Waals surface area contributed by atoms with Gasteiger partial charge >= 0.3 is 0 Å². The lowest BCUT2D eigenvalue weighted by Gasteiger charge is -2.09. The Hall–Kier alpha value is -3.29. The molecule has 0 saturated heterocycles. The van der Waals surface area contributed by atoms with Crippen LogP contribution in [0.1, 0.15) is 35.8 Å². The van der Waals surface area contributed by atoms with Gasteiger partial charge < -0.3 is 5.32 Å². The Balaban J connectivity index is 1.59. The third kappa shape index (κ3) is 3.70. The van der Waals surface area contributed by atoms with Crippen molar-refractivity contribution in [3.63, 3.8) is 0 Å². The lowest BCUT2D eigenvalue weighted by Crippen LogP contribution is -2.18. The number of amides is 1. The van der Waals surface area contributed by atoms with Crippen molar-refractivity contribution in [1.29, 1.82) is 0 Å². The fraction of sp³-hybridized carbons (Fsp3) is 0.286. The standard InChI is InChI=1S/C21H18F2N4O2/c1-3-18(28)17-4-11(2)14(10-25-17)16-5-12-9-26-19(6-13(12)8-24-16)27-20(29)15-7-21(15,22)23/h4-6,8-10,15H,3,7H2,1-2H3,(H,26,27,29)/t15-/m1/s1. The topological polar surface area (TPSA) is 84.8 Å².